The zero-order chi connectivity index (χ0) is 14.7. The van der Waals surface area contributed by atoms with Gasteiger partial charge in [-0.15, -0.1) is 0 Å². The third kappa shape index (κ3) is 2.68. The summed E-state index contributed by atoms with van der Waals surface area (Å²) in [7, 11) is 1.66. The minimum absolute atomic E-state index is 0.000000000000000444. The molecule has 1 aliphatic heterocycles. The number of hydrogen-bond donors (Lipinski definition) is 0. The van der Waals surface area contributed by atoms with Crippen LogP contribution in [0.5, 0.6) is 5.75 Å². The van der Waals surface area contributed by atoms with Gasteiger partial charge in [0, 0.05) is 12.6 Å². The first kappa shape index (κ1) is 13.4. The van der Waals surface area contributed by atoms with Crippen LogP contribution in [0.3, 0.4) is 0 Å². The van der Waals surface area contributed by atoms with E-state index in [4.69, 9.17) is 4.74 Å². The fourth-order valence-corrected chi connectivity index (χ4v) is 2.67. The largest absolute Gasteiger partial charge is 0.495 e. The smallest absolute Gasteiger partial charge is 0.159 e. The van der Waals surface area contributed by atoms with Crippen molar-refractivity contribution in [1.29, 1.82) is 0 Å². The molecule has 2 aromatic carbocycles. The van der Waals surface area contributed by atoms with Crippen molar-refractivity contribution in [2.24, 2.45) is 0 Å². The highest BCUT2D eigenvalue weighted by molar-refractivity contribution is 5.92. The van der Waals surface area contributed by atoms with E-state index in [1.165, 1.54) is 0 Å². The molecule has 2 aromatic rings. The standard InChI is InChI=1S/C18H17NO2/c1-21-18-10-6-5-9-16(18)19-12-11-15(20)13-17(19)14-7-3-2-4-8-14/h2-12,17H,13H2,1H3/t17-/m0/s1. The van der Waals surface area contributed by atoms with Gasteiger partial charge in [0.25, 0.3) is 0 Å². The lowest BCUT2D eigenvalue weighted by Crippen LogP contribution is -2.29. The summed E-state index contributed by atoms with van der Waals surface area (Å²) in [6.07, 6.45) is 3.95. The van der Waals surface area contributed by atoms with E-state index in [9.17, 15) is 4.79 Å². The fraction of sp³-hybridized carbons (Fsp3) is 0.167. The Morgan fingerprint density at radius 2 is 1.76 bits per heavy atom. The summed E-state index contributed by atoms with van der Waals surface area (Å²) in [5.41, 5.74) is 2.10. The molecule has 0 saturated heterocycles. The van der Waals surface area contributed by atoms with Crippen LogP contribution < -0.4 is 9.64 Å². The van der Waals surface area contributed by atoms with Crippen LogP contribution in [0.25, 0.3) is 0 Å². The molecular weight excluding hydrogens is 262 g/mol. The molecule has 106 valence electrons. The van der Waals surface area contributed by atoms with Crippen molar-refractivity contribution in [2.45, 2.75) is 12.5 Å². The Morgan fingerprint density at radius 3 is 2.52 bits per heavy atom. The van der Waals surface area contributed by atoms with Gasteiger partial charge < -0.3 is 9.64 Å². The fourth-order valence-electron chi connectivity index (χ4n) is 2.67. The minimum Gasteiger partial charge on any atom is -0.495 e. The maximum atomic E-state index is 11.8. The van der Waals surface area contributed by atoms with Crippen molar-refractivity contribution in [3.05, 3.63) is 72.4 Å². The number of anilines is 1. The van der Waals surface area contributed by atoms with E-state index in [2.05, 4.69) is 17.0 Å². The maximum Gasteiger partial charge on any atom is 0.159 e. The second kappa shape index (κ2) is 5.83. The highest BCUT2D eigenvalue weighted by Gasteiger charge is 2.26. The average molecular weight is 279 g/mol. The number of allylic oxidation sites excluding steroid dienone is 1. The molecule has 0 N–H and O–H groups in total. The van der Waals surface area contributed by atoms with Gasteiger partial charge in [-0.05, 0) is 23.8 Å². The van der Waals surface area contributed by atoms with Crippen molar-refractivity contribution in [3.8, 4) is 5.75 Å². The Hall–Kier alpha value is -2.55. The van der Waals surface area contributed by atoms with Gasteiger partial charge in [0.15, 0.2) is 5.78 Å². The second-order valence-corrected chi connectivity index (χ2v) is 4.99. The Morgan fingerprint density at radius 1 is 1.05 bits per heavy atom. The molecule has 0 aromatic heterocycles. The van der Waals surface area contributed by atoms with Crippen molar-refractivity contribution in [3.63, 3.8) is 0 Å². The van der Waals surface area contributed by atoms with E-state index in [0.29, 0.717) is 6.42 Å². The molecule has 0 aliphatic carbocycles. The Bertz CT molecular complexity index is 664. The van der Waals surface area contributed by atoms with E-state index in [-0.39, 0.29) is 11.8 Å². The predicted molar refractivity (Wildman–Crippen MR) is 83.4 cm³/mol. The zero-order valence-corrected chi connectivity index (χ0v) is 11.9. The molecule has 3 rings (SSSR count). The molecule has 1 aliphatic rings. The minimum atomic E-state index is -0.000000000000000444. The van der Waals surface area contributed by atoms with Gasteiger partial charge in [-0.2, -0.15) is 0 Å². The highest BCUT2D eigenvalue weighted by atomic mass is 16.5. The van der Waals surface area contributed by atoms with Crippen molar-refractivity contribution in [2.75, 3.05) is 12.0 Å². The first-order valence-electron chi connectivity index (χ1n) is 6.97. The number of methoxy groups -OCH3 is 1. The number of carbonyl (C=O) groups is 1. The Labute approximate surface area is 124 Å². The maximum absolute atomic E-state index is 11.8. The molecule has 0 radical (unpaired) electrons. The van der Waals surface area contributed by atoms with E-state index in [1.54, 1.807) is 13.2 Å². The van der Waals surface area contributed by atoms with Crippen molar-refractivity contribution >= 4 is 11.5 Å². The molecule has 3 heteroatoms. The summed E-state index contributed by atoms with van der Waals surface area (Å²) in [5, 5.41) is 0. The molecule has 3 nitrogen and oxygen atoms in total. The summed E-state index contributed by atoms with van der Waals surface area (Å²) in [6, 6.07) is 18.0. The third-order valence-electron chi connectivity index (χ3n) is 3.70. The van der Waals surface area contributed by atoms with Gasteiger partial charge in [-0.1, -0.05) is 42.5 Å². The summed E-state index contributed by atoms with van der Waals surface area (Å²) in [4.78, 5) is 13.9. The van der Waals surface area contributed by atoms with Crippen LogP contribution in [0.2, 0.25) is 0 Å². The quantitative estimate of drug-likeness (QED) is 0.857. The molecule has 0 unspecified atom stereocenters. The number of benzene rings is 2. The molecule has 1 heterocycles. The highest BCUT2D eigenvalue weighted by Crippen LogP contribution is 2.37. The lowest BCUT2D eigenvalue weighted by molar-refractivity contribution is -0.115. The van der Waals surface area contributed by atoms with Crippen LogP contribution >= 0.6 is 0 Å². The van der Waals surface area contributed by atoms with E-state index in [0.717, 1.165) is 17.0 Å². The summed E-state index contributed by atoms with van der Waals surface area (Å²) >= 11 is 0. The van der Waals surface area contributed by atoms with Gasteiger partial charge in [0.1, 0.15) is 5.75 Å². The Kier molecular flexibility index (Phi) is 3.73. The van der Waals surface area contributed by atoms with Crippen LogP contribution in [0.1, 0.15) is 18.0 Å². The van der Waals surface area contributed by atoms with Gasteiger partial charge in [0.2, 0.25) is 0 Å². The number of ether oxygens (including phenoxy) is 1. The van der Waals surface area contributed by atoms with Gasteiger partial charge in [-0.3, -0.25) is 4.79 Å². The van der Waals surface area contributed by atoms with Crippen LogP contribution in [-0.4, -0.2) is 12.9 Å². The van der Waals surface area contributed by atoms with Crippen LogP contribution in [0.15, 0.2) is 66.9 Å². The lowest BCUT2D eigenvalue weighted by Gasteiger charge is -2.34. The molecule has 0 fully saturated rings. The number of rotatable bonds is 3. The van der Waals surface area contributed by atoms with Crippen molar-refractivity contribution in [1.82, 2.24) is 0 Å². The number of nitrogens with zero attached hydrogens (tertiary/aromatic N) is 1. The van der Waals surface area contributed by atoms with E-state index >= 15 is 0 Å². The summed E-state index contributed by atoms with van der Waals surface area (Å²) in [6.45, 7) is 0. The number of hydrogen-bond acceptors (Lipinski definition) is 3. The first-order valence-corrected chi connectivity index (χ1v) is 6.97. The number of carbonyl (C=O) groups excluding carboxylic acids is 1. The predicted octanol–water partition coefficient (Wildman–Crippen LogP) is 3.73. The van der Waals surface area contributed by atoms with Crippen LogP contribution in [-0.2, 0) is 4.79 Å². The lowest BCUT2D eigenvalue weighted by atomic mass is 9.96. The average Bonchev–Trinajstić information content (AvgIpc) is 2.55. The van der Waals surface area contributed by atoms with Crippen LogP contribution in [0, 0.1) is 0 Å². The number of ketones is 1. The summed E-state index contributed by atoms with van der Waals surface area (Å²) < 4.78 is 5.45. The second-order valence-electron chi connectivity index (χ2n) is 4.99. The van der Waals surface area contributed by atoms with Crippen LogP contribution in [0.4, 0.5) is 5.69 Å². The molecule has 0 spiro atoms. The zero-order valence-electron chi connectivity index (χ0n) is 11.9. The number of para-hydroxylation sites is 2. The Balaban J connectivity index is 2.05. The SMILES string of the molecule is COc1ccccc1N1C=CC(=O)C[C@H]1c1ccccc1. The molecule has 1 atom stereocenters. The van der Waals surface area contributed by atoms with Gasteiger partial charge in [0.05, 0.1) is 18.8 Å². The molecule has 0 saturated carbocycles. The first-order chi connectivity index (χ1) is 10.3. The van der Waals surface area contributed by atoms with E-state index < -0.39 is 0 Å². The van der Waals surface area contributed by atoms with Gasteiger partial charge in [-0.25, -0.2) is 0 Å². The van der Waals surface area contributed by atoms with Crippen molar-refractivity contribution < 1.29 is 9.53 Å². The van der Waals surface area contributed by atoms with Gasteiger partial charge >= 0.3 is 0 Å². The molecule has 21 heavy (non-hydrogen) atoms. The molecular formula is C18H17NO2. The third-order valence-corrected chi connectivity index (χ3v) is 3.70. The molecule has 0 bridgehead atoms. The summed E-state index contributed by atoms with van der Waals surface area (Å²) in [5.74, 6) is 0.951. The normalized spacial score (nSPS) is 17.9. The van der Waals surface area contributed by atoms with E-state index in [1.807, 2.05) is 48.7 Å². The topological polar surface area (TPSA) is 29.5 Å². The molecule has 0 amide bonds. The monoisotopic (exact) mass is 279 g/mol.